The van der Waals surface area contributed by atoms with E-state index in [1.54, 1.807) is 36.8 Å². The number of furan rings is 1. The number of carbonyl (C=O) groups is 2. The fraction of sp³-hybridized carbons (Fsp3) is 0.111. The quantitative estimate of drug-likeness (QED) is 0.697. The van der Waals surface area contributed by atoms with Crippen molar-refractivity contribution in [2.24, 2.45) is 0 Å². The Kier molecular flexibility index (Phi) is 4.85. The average Bonchev–Trinajstić information content (AvgIpc) is 3.31. The molecule has 1 aromatic carbocycles. The minimum absolute atomic E-state index is 0.162. The zero-order valence-electron chi connectivity index (χ0n) is 13.6. The Morgan fingerprint density at radius 2 is 1.88 bits per heavy atom. The fourth-order valence-corrected chi connectivity index (χ4v) is 3.26. The van der Waals surface area contributed by atoms with Gasteiger partial charge in [-0.3, -0.25) is 4.79 Å². The molecule has 3 rings (SSSR count). The largest absolute Gasteiger partial charge is 0.497 e. The predicted molar refractivity (Wildman–Crippen MR) is 94.3 cm³/mol. The third kappa shape index (κ3) is 3.41. The highest BCUT2D eigenvalue weighted by atomic mass is 32.1. The molecule has 0 radical (unpaired) electrons. The SMILES string of the molecule is COC(=O)c1c(-c2ccc(OC)cc2)csc1NC(=O)c1ccco1. The predicted octanol–water partition coefficient (Wildman–Crippen LogP) is 4.06. The number of ether oxygens (including phenoxy) is 2. The minimum Gasteiger partial charge on any atom is -0.497 e. The van der Waals surface area contributed by atoms with Gasteiger partial charge in [0.05, 0.1) is 20.5 Å². The zero-order chi connectivity index (χ0) is 17.8. The number of hydrogen-bond acceptors (Lipinski definition) is 6. The van der Waals surface area contributed by atoms with Crippen molar-refractivity contribution in [2.45, 2.75) is 0 Å². The summed E-state index contributed by atoms with van der Waals surface area (Å²) in [4.78, 5) is 24.5. The number of nitrogens with one attached hydrogen (secondary N) is 1. The smallest absolute Gasteiger partial charge is 0.341 e. The van der Waals surface area contributed by atoms with Crippen molar-refractivity contribution < 1.29 is 23.5 Å². The molecule has 128 valence electrons. The molecule has 0 saturated carbocycles. The van der Waals surface area contributed by atoms with Gasteiger partial charge in [-0.05, 0) is 29.8 Å². The van der Waals surface area contributed by atoms with Crippen LogP contribution in [0.1, 0.15) is 20.9 Å². The number of esters is 1. The monoisotopic (exact) mass is 357 g/mol. The van der Waals surface area contributed by atoms with E-state index in [9.17, 15) is 9.59 Å². The third-order valence-corrected chi connectivity index (χ3v) is 4.45. The van der Waals surface area contributed by atoms with Gasteiger partial charge in [-0.15, -0.1) is 11.3 Å². The van der Waals surface area contributed by atoms with Gasteiger partial charge in [-0.25, -0.2) is 4.79 Å². The van der Waals surface area contributed by atoms with Crippen LogP contribution in [-0.2, 0) is 4.74 Å². The van der Waals surface area contributed by atoms with Crippen LogP contribution in [0.15, 0.2) is 52.5 Å². The summed E-state index contributed by atoms with van der Waals surface area (Å²) in [6.45, 7) is 0. The van der Waals surface area contributed by atoms with Crippen LogP contribution in [0.4, 0.5) is 5.00 Å². The Labute approximate surface area is 148 Å². The maximum Gasteiger partial charge on any atom is 0.341 e. The number of rotatable bonds is 5. The second-order valence-electron chi connectivity index (χ2n) is 5.01. The number of benzene rings is 1. The first-order chi connectivity index (χ1) is 12.1. The first-order valence-electron chi connectivity index (χ1n) is 7.33. The minimum atomic E-state index is -0.526. The highest BCUT2D eigenvalue weighted by Gasteiger charge is 2.23. The maximum atomic E-state index is 12.3. The molecular weight excluding hydrogens is 342 g/mol. The van der Waals surface area contributed by atoms with E-state index in [2.05, 4.69) is 5.32 Å². The molecule has 1 N–H and O–H groups in total. The van der Waals surface area contributed by atoms with Crippen LogP contribution < -0.4 is 10.1 Å². The van der Waals surface area contributed by atoms with E-state index in [1.165, 1.54) is 24.7 Å². The lowest BCUT2D eigenvalue weighted by Crippen LogP contribution is -2.13. The van der Waals surface area contributed by atoms with Gasteiger partial charge < -0.3 is 19.2 Å². The van der Waals surface area contributed by atoms with Crippen LogP contribution >= 0.6 is 11.3 Å². The molecule has 0 saturated heterocycles. The normalized spacial score (nSPS) is 10.3. The first kappa shape index (κ1) is 16.8. The van der Waals surface area contributed by atoms with Crippen LogP contribution in [0.25, 0.3) is 11.1 Å². The molecule has 0 fully saturated rings. The van der Waals surface area contributed by atoms with E-state index in [4.69, 9.17) is 13.9 Å². The summed E-state index contributed by atoms with van der Waals surface area (Å²) in [5.74, 6) is -0.0831. The van der Waals surface area contributed by atoms with Gasteiger partial charge in [0.1, 0.15) is 16.3 Å². The molecule has 1 amide bonds. The molecule has 2 aromatic heterocycles. The molecule has 25 heavy (non-hydrogen) atoms. The maximum absolute atomic E-state index is 12.3. The average molecular weight is 357 g/mol. The summed E-state index contributed by atoms with van der Waals surface area (Å²) in [7, 11) is 2.89. The van der Waals surface area contributed by atoms with E-state index in [0.717, 1.165) is 5.56 Å². The number of methoxy groups -OCH3 is 2. The topological polar surface area (TPSA) is 77.8 Å². The van der Waals surface area contributed by atoms with Crippen molar-refractivity contribution >= 4 is 28.2 Å². The van der Waals surface area contributed by atoms with Crippen molar-refractivity contribution in [2.75, 3.05) is 19.5 Å². The van der Waals surface area contributed by atoms with E-state index < -0.39 is 11.9 Å². The Morgan fingerprint density at radius 1 is 1.12 bits per heavy atom. The second-order valence-corrected chi connectivity index (χ2v) is 5.88. The number of hydrogen-bond donors (Lipinski definition) is 1. The van der Waals surface area contributed by atoms with E-state index in [1.807, 2.05) is 12.1 Å². The molecule has 0 bridgehead atoms. The molecule has 7 heteroatoms. The highest BCUT2D eigenvalue weighted by Crippen LogP contribution is 2.37. The van der Waals surface area contributed by atoms with E-state index in [0.29, 0.717) is 21.9 Å². The number of thiophene rings is 1. The van der Waals surface area contributed by atoms with Gasteiger partial charge in [-0.2, -0.15) is 0 Å². The number of carbonyl (C=O) groups excluding carboxylic acids is 2. The lowest BCUT2D eigenvalue weighted by Gasteiger charge is -2.07. The molecule has 0 spiro atoms. The summed E-state index contributed by atoms with van der Waals surface area (Å²) >= 11 is 1.24. The standard InChI is InChI=1S/C18H15NO5S/c1-22-12-7-5-11(6-8-12)13-10-25-17(15(13)18(21)23-2)19-16(20)14-4-3-9-24-14/h3-10H,1-2H3,(H,19,20). The lowest BCUT2D eigenvalue weighted by atomic mass is 10.0. The molecule has 3 aromatic rings. The number of amides is 1. The van der Waals surface area contributed by atoms with Crippen LogP contribution in [0.5, 0.6) is 5.75 Å². The molecule has 0 aliphatic carbocycles. The molecule has 2 heterocycles. The van der Waals surface area contributed by atoms with Gasteiger partial charge in [0.25, 0.3) is 5.91 Å². The van der Waals surface area contributed by atoms with E-state index >= 15 is 0 Å². The Morgan fingerprint density at radius 3 is 2.48 bits per heavy atom. The number of anilines is 1. The van der Waals surface area contributed by atoms with Crippen LogP contribution in [0.3, 0.4) is 0 Å². The highest BCUT2D eigenvalue weighted by molar-refractivity contribution is 7.15. The van der Waals surface area contributed by atoms with Crippen LogP contribution in [0.2, 0.25) is 0 Å². The Hall–Kier alpha value is -3.06. The Bertz CT molecular complexity index is 881. The Balaban J connectivity index is 1.97. The second kappa shape index (κ2) is 7.23. The summed E-state index contributed by atoms with van der Waals surface area (Å²) in [6.07, 6.45) is 1.41. The molecule has 0 unspecified atom stereocenters. The molecule has 6 nitrogen and oxygen atoms in total. The summed E-state index contributed by atoms with van der Waals surface area (Å²) in [5, 5.41) is 4.90. The van der Waals surface area contributed by atoms with E-state index in [-0.39, 0.29) is 5.76 Å². The van der Waals surface area contributed by atoms with Crippen molar-refractivity contribution in [1.82, 2.24) is 0 Å². The summed E-state index contributed by atoms with van der Waals surface area (Å²) in [6, 6.07) is 10.4. The van der Waals surface area contributed by atoms with Gasteiger partial charge in [0, 0.05) is 10.9 Å². The van der Waals surface area contributed by atoms with Crippen molar-refractivity contribution in [3.8, 4) is 16.9 Å². The van der Waals surface area contributed by atoms with Gasteiger partial charge in [-0.1, -0.05) is 12.1 Å². The van der Waals surface area contributed by atoms with Gasteiger partial charge in [0.2, 0.25) is 0 Å². The molecule has 0 atom stereocenters. The molecule has 0 aliphatic rings. The van der Waals surface area contributed by atoms with Crippen LogP contribution in [-0.4, -0.2) is 26.1 Å². The molecular formula is C18H15NO5S. The zero-order valence-corrected chi connectivity index (χ0v) is 14.4. The first-order valence-corrected chi connectivity index (χ1v) is 8.21. The lowest BCUT2D eigenvalue weighted by molar-refractivity contribution is 0.0603. The van der Waals surface area contributed by atoms with Gasteiger partial charge in [0.15, 0.2) is 5.76 Å². The summed E-state index contributed by atoms with van der Waals surface area (Å²) < 4.78 is 15.1. The van der Waals surface area contributed by atoms with Crippen molar-refractivity contribution in [3.63, 3.8) is 0 Å². The third-order valence-electron chi connectivity index (χ3n) is 3.55. The van der Waals surface area contributed by atoms with Crippen molar-refractivity contribution in [1.29, 1.82) is 0 Å². The molecule has 0 aliphatic heterocycles. The van der Waals surface area contributed by atoms with Crippen molar-refractivity contribution in [3.05, 3.63) is 59.4 Å². The fourth-order valence-electron chi connectivity index (χ4n) is 2.31. The van der Waals surface area contributed by atoms with Gasteiger partial charge >= 0.3 is 5.97 Å². The summed E-state index contributed by atoms with van der Waals surface area (Å²) in [5.41, 5.74) is 1.79. The van der Waals surface area contributed by atoms with Crippen LogP contribution in [0, 0.1) is 0 Å².